The Morgan fingerprint density at radius 3 is 2.40 bits per heavy atom. The molecule has 4 nitrogen and oxygen atoms in total. The van der Waals surface area contributed by atoms with E-state index in [1.54, 1.807) is 6.20 Å². The molecule has 0 saturated carbocycles. The summed E-state index contributed by atoms with van der Waals surface area (Å²) in [7, 11) is 0. The van der Waals surface area contributed by atoms with E-state index in [1.807, 2.05) is 78.3 Å². The largest absolute Gasteiger partial charge is 0.299 e. The van der Waals surface area contributed by atoms with E-state index in [1.165, 1.54) is 25.7 Å². The molecule has 6 heteroatoms. The van der Waals surface area contributed by atoms with Gasteiger partial charge in [-0.15, -0.1) is 11.3 Å². The quantitative estimate of drug-likeness (QED) is 0.180. The third-order valence-corrected chi connectivity index (χ3v) is 11.3. The smallest absolute Gasteiger partial charge is 0.150 e. The molecule has 0 aliphatic carbocycles. The van der Waals surface area contributed by atoms with E-state index < -0.39 is 6.17 Å². The van der Waals surface area contributed by atoms with E-state index in [0.717, 1.165) is 50.1 Å². The molecule has 10 rings (SSSR count). The highest BCUT2D eigenvalue weighted by Gasteiger charge is 2.38. The van der Waals surface area contributed by atoms with Crippen LogP contribution in [0.15, 0.2) is 134 Å². The van der Waals surface area contributed by atoms with Crippen molar-refractivity contribution >= 4 is 76.0 Å². The first-order chi connectivity index (χ1) is 23.5. The fourth-order valence-electron chi connectivity index (χ4n) is 7.79. The Balaban J connectivity index is 1.14. The zero-order valence-corrected chi connectivity index (χ0v) is 27.2. The Hall–Kier alpha value is -5.59. The second-order valence-corrected chi connectivity index (χ2v) is 14.3. The summed E-state index contributed by atoms with van der Waals surface area (Å²) in [5, 5.41) is 5.66. The maximum Gasteiger partial charge on any atom is 0.150 e. The van der Waals surface area contributed by atoms with Gasteiger partial charge in [-0.2, -0.15) is 0 Å². The molecule has 0 radical (unpaired) electrons. The van der Waals surface area contributed by atoms with Crippen LogP contribution in [-0.4, -0.2) is 14.4 Å². The second kappa shape index (κ2) is 9.96. The molecule has 230 valence electrons. The van der Waals surface area contributed by atoms with Crippen LogP contribution >= 0.6 is 11.3 Å². The van der Waals surface area contributed by atoms with E-state index in [9.17, 15) is 0 Å². The van der Waals surface area contributed by atoms with Crippen molar-refractivity contribution in [3.05, 3.63) is 156 Å². The first kappa shape index (κ1) is 27.5. The molecular formula is C42H29FN4S. The van der Waals surface area contributed by atoms with Gasteiger partial charge in [-0.25, -0.2) is 14.4 Å². The van der Waals surface area contributed by atoms with Gasteiger partial charge in [0.25, 0.3) is 0 Å². The molecule has 0 fully saturated rings. The molecule has 5 aromatic carbocycles. The average molecular weight is 641 g/mol. The number of fused-ring (bicyclic) bond motifs is 11. The number of imidazole rings is 1. The summed E-state index contributed by atoms with van der Waals surface area (Å²) in [5.74, 6) is 0.877. The van der Waals surface area contributed by atoms with Crippen molar-refractivity contribution in [1.29, 1.82) is 0 Å². The van der Waals surface area contributed by atoms with Gasteiger partial charge < -0.3 is 0 Å². The summed E-state index contributed by atoms with van der Waals surface area (Å²) >= 11 is 1.81. The summed E-state index contributed by atoms with van der Waals surface area (Å²) in [6, 6.07) is 39.6. The topological polar surface area (TPSA) is 33.4 Å². The highest BCUT2D eigenvalue weighted by atomic mass is 32.1. The molecular weight excluding hydrogens is 612 g/mol. The van der Waals surface area contributed by atoms with Crippen LogP contribution in [0.1, 0.15) is 42.3 Å². The predicted octanol–water partition coefficient (Wildman–Crippen LogP) is 11.6. The van der Waals surface area contributed by atoms with Crippen molar-refractivity contribution < 1.29 is 4.39 Å². The van der Waals surface area contributed by atoms with E-state index in [-0.39, 0.29) is 5.41 Å². The lowest BCUT2D eigenvalue weighted by Crippen LogP contribution is -2.31. The number of hydrogen-bond acceptors (Lipinski definition) is 4. The molecule has 0 saturated heterocycles. The zero-order valence-electron chi connectivity index (χ0n) is 26.4. The van der Waals surface area contributed by atoms with Gasteiger partial charge in [0.2, 0.25) is 0 Å². The average Bonchev–Trinajstić information content (AvgIpc) is 3.76. The minimum Gasteiger partial charge on any atom is -0.299 e. The fourth-order valence-corrected chi connectivity index (χ4v) is 8.91. The Morgan fingerprint density at radius 2 is 1.48 bits per heavy atom. The number of alkyl halides is 1. The van der Waals surface area contributed by atoms with Gasteiger partial charge >= 0.3 is 0 Å². The van der Waals surface area contributed by atoms with Gasteiger partial charge in [-0.1, -0.05) is 80.6 Å². The van der Waals surface area contributed by atoms with Crippen LogP contribution in [0.4, 0.5) is 21.6 Å². The summed E-state index contributed by atoms with van der Waals surface area (Å²) in [6.07, 6.45) is 4.29. The second-order valence-electron chi connectivity index (χ2n) is 13.2. The van der Waals surface area contributed by atoms with Crippen LogP contribution in [0.2, 0.25) is 0 Å². The molecule has 0 amide bonds. The molecule has 1 atom stereocenters. The Morgan fingerprint density at radius 1 is 0.646 bits per heavy atom. The van der Waals surface area contributed by atoms with Gasteiger partial charge in [-0.3, -0.25) is 9.30 Å². The van der Waals surface area contributed by atoms with Gasteiger partial charge in [0, 0.05) is 66.2 Å². The number of aromatic nitrogens is 3. The number of hydrogen-bond donors (Lipinski definition) is 0. The standard InChI is InChI=1S/C42H29FN4S/c1-42(2)33-13-8-18-44-41(33)47(36-24-38-31(23-34(36)42)30-12-4-6-15-37(30)48-38)27-10-7-9-25(21-27)39(43)26-16-17-28-29-11-3-5-14-35(29)46-20-19-45-40(46)32(28)22-26/h3-24,39H,1-2H3. The highest BCUT2D eigenvalue weighted by molar-refractivity contribution is 7.25. The minimum atomic E-state index is -1.33. The molecule has 1 unspecified atom stereocenters. The lowest BCUT2D eigenvalue weighted by atomic mass is 9.74. The summed E-state index contributed by atoms with van der Waals surface area (Å²) in [6.45, 7) is 4.55. The van der Waals surface area contributed by atoms with Crippen molar-refractivity contribution in [2.75, 3.05) is 4.90 Å². The molecule has 1 aliphatic rings. The molecule has 1 aliphatic heterocycles. The lowest BCUT2D eigenvalue weighted by Gasteiger charge is -2.41. The molecule has 48 heavy (non-hydrogen) atoms. The van der Waals surface area contributed by atoms with E-state index in [2.05, 4.69) is 88.8 Å². The van der Waals surface area contributed by atoms with Crippen molar-refractivity contribution in [2.24, 2.45) is 0 Å². The SMILES string of the molecule is CC1(C)c2cc3c(cc2N(c2cccc(C(F)c4ccc5c6ccccc6n6ccnc6c5c4)c2)c2ncccc21)sc1ccccc13. The molecule has 0 N–H and O–H groups in total. The number of para-hydroxylation sites is 1. The number of benzene rings is 5. The number of halogens is 1. The Labute approximate surface area is 280 Å². The van der Waals surface area contributed by atoms with Crippen molar-refractivity contribution in [3.8, 4) is 0 Å². The van der Waals surface area contributed by atoms with Crippen molar-refractivity contribution in [1.82, 2.24) is 14.4 Å². The van der Waals surface area contributed by atoms with Crippen LogP contribution in [-0.2, 0) is 5.41 Å². The van der Waals surface area contributed by atoms with E-state index >= 15 is 4.39 Å². The number of anilines is 3. The maximum atomic E-state index is 16.8. The third kappa shape index (κ3) is 3.81. The first-order valence-electron chi connectivity index (χ1n) is 16.2. The molecule has 4 aromatic heterocycles. The molecule has 0 spiro atoms. The van der Waals surface area contributed by atoms with E-state index in [0.29, 0.717) is 11.1 Å². The van der Waals surface area contributed by atoms with Crippen molar-refractivity contribution in [2.45, 2.75) is 25.4 Å². The summed E-state index contributed by atoms with van der Waals surface area (Å²) in [4.78, 5) is 11.8. The molecule has 9 aromatic rings. The van der Waals surface area contributed by atoms with Crippen LogP contribution < -0.4 is 4.90 Å². The van der Waals surface area contributed by atoms with Crippen LogP contribution in [0, 0.1) is 0 Å². The zero-order chi connectivity index (χ0) is 32.1. The van der Waals surface area contributed by atoms with E-state index in [4.69, 9.17) is 4.98 Å². The Bertz CT molecular complexity index is 2760. The van der Waals surface area contributed by atoms with Gasteiger partial charge in [0.15, 0.2) is 6.17 Å². The predicted molar refractivity (Wildman–Crippen MR) is 197 cm³/mol. The monoisotopic (exact) mass is 640 g/mol. The number of nitrogens with zero attached hydrogens (tertiary/aromatic N) is 4. The van der Waals surface area contributed by atoms with Crippen LogP contribution in [0.25, 0.3) is 47.5 Å². The number of pyridine rings is 2. The van der Waals surface area contributed by atoms with Gasteiger partial charge in [-0.05, 0) is 70.6 Å². The normalized spacial score (nSPS) is 14.6. The maximum absolute atomic E-state index is 16.8. The first-order valence-corrected chi connectivity index (χ1v) is 17.0. The molecule has 5 heterocycles. The van der Waals surface area contributed by atoms with Crippen LogP contribution in [0.3, 0.4) is 0 Å². The lowest BCUT2D eigenvalue weighted by molar-refractivity contribution is 0.402. The molecule has 0 bridgehead atoms. The number of thiophene rings is 1. The minimum absolute atomic E-state index is 0.277. The Kier molecular flexibility index (Phi) is 5.71. The number of rotatable bonds is 3. The fraction of sp³-hybridized carbons (Fsp3) is 0.0952. The summed E-state index contributed by atoms with van der Waals surface area (Å²) < 4.78 is 21.3. The van der Waals surface area contributed by atoms with Crippen LogP contribution in [0.5, 0.6) is 0 Å². The van der Waals surface area contributed by atoms with Gasteiger partial charge in [0.05, 0.1) is 11.2 Å². The van der Waals surface area contributed by atoms with Crippen molar-refractivity contribution in [3.63, 3.8) is 0 Å². The highest BCUT2D eigenvalue weighted by Crippen LogP contribution is 2.53. The van der Waals surface area contributed by atoms with Gasteiger partial charge in [0.1, 0.15) is 11.5 Å². The third-order valence-electron chi connectivity index (χ3n) is 10.2. The summed E-state index contributed by atoms with van der Waals surface area (Å²) in [5.41, 5.74) is 7.17.